The molecule has 1 unspecified atom stereocenters. The van der Waals surface area contributed by atoms with Crippen LogP contribution in [0, 0.1) is 6.92 Å². The van der Waals surface area contributed by atoms with Gasteiger partial charge in [-0.15, -0.1) is 21.5 Å². The van der Waals surface area contributed by atoms with Crippen LogP contribution in [0.2, 0.25) is 5.02 Å². The van der Waals surface area contributed by atoms with Crippen LogP contribution in [0.5, 0.6) is 0 Å². The molecule has 1 atom stereocenters. The summed E-state index contributed by atoms with van der Waals surface area (Å²) in [5, 5.41) is 11.8. The van der Waals surface area contributed by atoms with Gasteiger partial charge in [-0.1, -0.05) is 23.4 Å². The minimum absolute atomic E-state index is 0.0503. The molecule has 0 saturated carbocycles. The second-order valence-electron chi connectivity index (χ2n) is 6.14. The van der Waals surface area contributed by atoms with Gasteiger partial charge in [-0.3, -0.25) is 9.59 Å². The van der Waals surface area contributed by atoms with Gasteiger partial charge >= 0.3 is 5.97 Å². The summed E-state index contributed by atoms with van der Waals surface area (Å²) in [6.45, 7) is 3.73. The molecule has 1 aromatic carbocycles. The summed E-state index contributed by atoms with van der Waals surface area (Å²) in [5.41, 5.74) is 1.63. The summed E-state index contributed by atoms with van der Waals surface area (Å²) in [6, 6.07) is 7.27. The Kier molecular flexibility index (Phi) is 7.05. The zero-order valence-electron chi connectivity index (χ0n) is 16.1. The topological polar surface area (TPSA) is 87.0 Å². The quantitative estimate of drug-likeness (QED) is 0.292. The van der Waals surface area contributed by atoms with Crippen LogP contribution in [0.3, 0.4) is 0 Å². The van der Waals surface area contributed by atoms with Crippen LogP contribution < -0.4 is 0 Å². The maximum Gasteiger partial charge on any atom is 0.323 e. The van der Waals surface area contributed by atoms with Crippen molar-refractivity contribution in [3.05, 3.63) is 45.4 Å². The van der Waals surface area contributed by atoms with Gasteiger partial charge in [0.15, 0.2) is 22.7 Å². The molecule has 3 rings (SSSR count). The van der Waals surface area contributed by atoms with Crippen molar-refractivity contribution >= 4 is 46.5 Å². The van der Waals surface area contributed by atoms with E-state index >= 15 is 0 Å². The molecule has 0 amide bonds. The monoisotopic (exact) mass is 450 g/mol. The lowest BCUT2D eigenvalue weighted by molar-refractivity contribution is -0.147. The van der Waals surface area contributed by atoms with E-state index in [1.807, 2.05) is 31.5 Å². The molecular weight excluding hydrogens is 432 g/mol. The predicted octanol–water partition coefficient (Wildman–Crippen LogP) is 3.91. The van der Waals surface area contributed by atoms with E-state index in [9.17, 15) is 9.59 Å². The number of thioether (sulfide) groups is 1. The molecule has 3 aromatic rings. The third-order valence-electron chi connectivity index (χ3n) is 4.01. The highest BCUT2D eigenvalue weighted by Gasteiger charge is 2.32. The number of hydrogen-bond donors (Lipinski definition) is 0. The van der Waals surface area contributed by atoms with Crippen molar-refractivity contribution in [1.82, 2.24) is 19.7 Å². The number of rotatable bonds is 8. The van der Waals surface area contributed by atoms with Crippen molar-refractivity contribution in [2.75, 3.05) is 12.4 Å². The van der Waals surface area contributed by atoms with E-state index in [0.717, 1.165) is 11.3 Å². The fraction of sp³-hybridized carbons (Fsp3) is 0.316. The number of Topliss-reactive ketones (excluding diaryl/α,β-unsaturated/α-hetero) is 1. The third-order valence-corrected chi connectivity index (χ3v) is 6.33. The average molecular weight is 451 g/mol. The number of aryl methyl sites for hydroxylation is 1. The first-order chi connectivity index (χ1) is 13.9. The van der Waals surface area contributed by atoms with E-state index in [1.54, 1.807) is 23.6 Å². The minimum atomic E-state index is -1.02. The van der Waals surface area contributed by atoms with E-state index in [1.165, 1.54) is 23.1 Å². The van der Waals surface area contributed by atoms with E-state index in [4.69, 9.17) is 16.3 Å². The molecule has 0 saturated heterocycles. The van der Waals surface area contributed by atoms with E-state index in [0.29, 0.717) is 21.0 Å². The second-order valence-corrected chi connectivity index (χ2v) is 8.41. The zero-order valence-corrected chi connectivity index (χ0v) is 18.5. The highest BCUT2D eigenvalue weighted by atomic mass is 35.5. The van der Waals surface area contributed by atoms with Crippen molar-refractivity contribution in [2.24, 2.45) is 7.05 Å². The summed E-state index contributed by atoms with van der Waals surface area (Å²) < 4.78 is 6.89. The second kappa shape index (κ2) is 9.51. The molecule has 0 fully saturated rings. The molecule has 0 spiro atoms. The molecule has 2 heterocycles. The Bertz CT molecular complexity index is 1020. The lowest BCUT2D eigenvalue weighted by Gasteiger charge is -2.12. The lowest BCUT2D eigenvalue weighted by Crippen LogP contribution is -2.25. The van der Waals surface area contributed by atoms with Crippen LogP contribution in [0.4, 0.5) is 0 Å². The third kappa shape index (κ3) is 5.04. The minimum Gasteiger partial charge on any atom is -0.465 e. The standard InChI is InChI=1S/C19H19ClN4O3S2/c1-4-27-18(26)15(17-21-11(2)9-28-17)14(25)10-29-19-23-22-16(24(19)3)12-5-7-13(20)8-6-12/h5-9,15H,4,10H2,1-3H3. The summed E-state index contributed by atoms with van der Waals surface area (Å²) in [7, 11) is 1.82. The SMILES string of the molecule is CCOC(=O)C(C(=O)CSc1nnc(-c2ccc(Cl)cc2)n1C)c1nc(C)cs1. The van der Waals surface area contributed by atoms with Crippen LogP contribution in [-0.2, 0) is 21.4 Å². The van der Waals surface area contributed by atoms with Crippen molar-refractivity contribution < 1.29 is 14.3 Å². The highest BCUT2D eigenvalue weighted by molar-refractivity contribution is 7.99. The van der Waals surface area contributed by atoms with Gasteiger partial charge in [-0.2, -0.15) is 0 Å². The van der Waals surface area contributed by atoms with Crippen molar-refractivity contribution in [2.45, 2.75) is 24.9 Å². The number of halogens is 1. The Morgan fingerprint density at radius 2 is 2.00 bits per heavy atom. The van der Waals surface area contributed by atoms with Gasteiger partial charge < -0.3 is 9.30 Å². The summed E-state index contributed by atoms with van der Waals surface area (Å²) in [4.78, 5) is 29.5. The normalized spacial score (nSPS) is 12.0. The van der Waals surface area contributed by atoms with Gasteiger partial charge in [-0.25, -0.2) is 4.98 Å². The van der Waals surface area contributed by atoms with E-state index < -0.39 is 11.9 Å². The van der Waals surface area contributed by atoms with Crippen LogP contribution in [-0.4, -0.2) is 43.9 Å². The Morgan fingerprint density at radius 3 is 2.62 bits per heavy atom. The van der Waals surface area contributed by atoms with Gasteiger partial charge in [0.25, 0.3) is 0 Å². The molecule has 0 aliphatic rings. The number of ketones is 1. The van der Waals surface area contributed by atoms with Crippen LogP contribution in [0.15, 0.2) is 34.8 Å². The Morgan fingerprint density at radius 1 is 1.28 bits per heavy atom. The fourth-order valence-electron chi connectivity index (χ4n) is 2.61. The first-order valence-electron chi connectivity index (χ1n) is 8.80. The van der Waals surface area contributed by atoms with Crippen LogP contribution in [0.25, 0.3) is 11.4 Å². The molecule has 0 radical (unpaired) electrons. The fourth-order valence-corrected chi connectivity index (χ4v) is 4.46. The molecule has 0 N–H and O–H groups in total. The van der Waals surface area contributed by atoms with Crippen molar-refractivity contribution in [3.8, 4) is 11.4 Å². The molecular formula is C19H19ClN4O3S2. The Balaban J connectivity index is 1.74. The Labute approximate surface area is 181 Å². The highest BCUT2D eigenvalue weighted by Crippen LogP contribution is 2.28. The number of benzene rings is 1. The smallest absolute Gasteiger partial charge is 0.323 e. The number of carbonyl (C=O) groups excluding carboxylic acids is 2. The lowest BCUT2D eigenvalue weighted by atomic mass is 10.1. The molecule has 0 aliphatic carbocycles. The molecule has 152 valence electrons. The number of thiazole rings is 1. The number of hydrogen-bond acceptors (Lipinski definition) is 8. The number of ether oxygens (including phenoxy) is 1. The van der Waals surface area contributed by atoms with Crippen LogP contribution >= 0.6 is 34.7 Å². The number of esters is 1. The van der Waals surface area contributed by atoms with E-state index in [2.05, 4.69) is 15.2 Å². The van der Waals surface area contributed by atoms with Gasteiger partial charge in [0.05, 0.1) is 12.4 Å². The number of aromatic nitrogens is 4. The van der Waals surface area contributed by atoms with Crippen molar-refractivity contribution in [1.29, 1.82) is 0 Å². The van der Waals surface area contributed by atoms with Gasteiger partial charge in [0.1, 0.15) is 5.01 Å². The Hall–Kier alpha value is -2.23. The first-order valence-corrected chi connectivity index (χ1v) is 11.0. The molecule has 7 nitrogen and oxygen atoms in total. The molecule has 29 heavy (non-hydrogen) atoms. The van der Waals surface area contributed by atoms with Gasteiger partial charge in [-0.05, 0) is 38.1 Å². The molecule has 0 bridgehead atoms. The van der Waals surface area contributed by atoms with Gasteiger partial charge in [0.2, 0.25) is 0 Å². The van der Waals surface area contributed by atoms with Crippen LogP contribution in [0.1, 0.15) is 23.5 Å². The maximum atomic E-state index is 12.8. The predicted molar refractivity (Wildman–Crippen MR) is 113 cm³/mol. The van der Waals surface area contributed by atoms with E-state index in [-0.39, 0.29) is 18.1 Å². The first kappa shape index (κ1) is 21.5. The largest absolute Gasteiger partial charge is 0.465 e. The average Bonchev–Trinajstić information content (AvgIpc) is 3.27. The summed E-state index contributed by atoms with van der Waals surface area (Å²) >= 11 is 8.44. The zero-order chi connectivity index (χ0) is 21.0. The van der Waals surface area contributed by atoms with Gasteiger partial charge in [0, 0.05) is 28.7 Å². The number of carbonyl (C=O) groups is 2. The van der Waals surface area contributed by atoms with Crippen molar-refractivity contribution in [3.63, 3.8) is 0 Å². The molecule has 2 aromatic heterocycles. The molecule has 10 heteroatoms. The molecule has 0 aliphatic heterocycles. The number of nitrogens with zero attached hydrogens (tertiary/aromatic N) is 4. The summed E-state index contributed by atoms with van der Waals surface area (Å²) in [5.74, 6) is -1.17. The summed E-state index contributed by atoms with van der Waals surface area (Å²) in [6.07, 6.45) is 0. The maximum absolute atomic E-state index is 12.8.